The van der Waals surface area contributed by atoms with Crippen LogP contribution in [0.5, 0.6) is 0 Å². The van der Waals surface area contributed by atoms with Crippen molar-refractivity contribution in [2.45, 2.75) is 0 Å². The fraction of sp³-hybridized carbons (Fsp3) is 0.0833. The summed E-state index contributed by atoms with van der Waals surface area (Å²) in [4.78, 5) is 2.16. The number of fused-ring (bicyclic) bond motifs is 3. The molecule has 2 aromatic heterocycles. The molecule has 0 aliphatic rings. The Kier molecular flexibility index (Phi) is 3.54. The van der Waals surface area contributed by atoms with E-state index < -0.39 is 0 Å². The molecule has 0 fully saturated rings. The third-order valence-corrected chi connectivity index (χ3v) is 5.14. The second kappa shape index (κ2) is 6.06. The van der Waals surface area contributed by atoms with Crippen LogP contribution in [-0.2, 0) is 0 Å². The Balaban J connectivity index is 1.87. The fourth-order valence-electron chi connectivity index (χ4n) is 3.82. The van der Waals surface area contributed by atoms with E-state index in [1.807, 2.05) is 0 Å². The van der Waals surface area contributed by atoms with E-state index in [1.165, 1.54) is 33.2 Å². The molecule has 0 radical (unpaired) electrons. The van der Waals surface area contributed by atoms with Crippen molar-refractivity contribution in [1.29, 1.82) is 0 Å². The highest BCUT2D eigenvalue weighted by molar-refractivity contribution is 6.09. The molecule has 132 valence electrons. The van der Waals surface area contributed by atoms with E-state index >= 15 is 0 Å². The molecule has 0 aliphatic carbocycles. The van der Waals surface area contributed by atoms with Crippen molar-refractivity contribution in [2.24, 2.45) is 0 Å². The molecule has 0 N–H and O–H groups in total. The lowest BCUT2D eigenvalue weighted by atomic mass is 10.2. The van der Waals surface area contributed by atoms with Gasteiger partial charge in [0.05, 0.1) is 16.7 Å². The van der Waals surface area contributed by atoms with E-state index in [4.69, 9.17) is 0 Å². The Morgan fingerprint density at radius 3 is 1.78 bits per heavy atom. The lowest BCUT2D eigenvalue weighted by Gasteiger charge is -2.18. The number of hydrogen-bond donors (Lipinski definition) is 0. The number of para-hydroxylation sites is 2. The second-order valence-electron chi connectivity index (χ2n) is 7.06. The van der Waals surface area contributed by atoms with Crippen LogP contribution < -0.4 is 4.90 Å². The smallest absolute Gasteiger partial charge is 0.0541 e. The summed E-state index contributed by atoms with van der Waals surface area (Å²) in [7, 11) is 4.18. The van der Waals surface area contributed by atoms with Gasteiger partial charge in [-0.3, -0.25) is 0 Å². The molecule has 5 aromatic rings. The topological polar surface area (TPSA) is 13.1 Å². The van der Waals surface area contributed by atoms with Gasteiger partial charge in [-0.05, 0) is 42.5 Å². The molecular formula is C24H21N3. The molecule has 2 heterocycles. The van der Waals surface area contributed by atoms with Crippen molar-refractivity contribution >= 4 is 27.5 Å². The maximum absolute atomic E-state index is 2.37. The maximum atomic E-state index is 2.37. The Hall–Kier alpha value is -3.46. The van der Waals surface area contributed by atoms with Gasteiger partial charge in [0.1, 0.15) is 0 Å². The monoisotopic (exact) mass is 351 g/mol. The van der Waals surface area contributed by atoms with Crippen LogP contribution in [0.25, 0.3) is 33.2 Å². The van der Waals surface area contributed by atoms with Gasteiger partial charge in [-0.15, -0.1) is 0 Å². The summed E-state index contributed by atoms with van der Waals surface area (Å²) in [6.45, 7) is 0. The molecule has 0 aliphatic heterocycles. The first-order valence-electron chi connectivity index (χ1n) is 9.17. The van der Waals surface area contributed by atoms with Crippen LogP contribution >= 0.6 is 0 Å². The molecule has 0 unspecified atom stereocenters. The molecule has 0 bridgehead atoms. The molecule has 5 rings (SSSR count). The summed E-state index contributed by atoms with van der Waals surface area (Å²) in [5.74, 6) is 0. The Morgan fingerprint density at radius 2 is 1.19 bits per heavy atom. The van der Waals surface area contributed by atoms with E-state index in [-0.39, 0.29) is 0 Å². The maximum Gasteiger partial charge on any atom is 0.0541 e. The standard InChI is InChI=1S/C24H21N3/c1-25(2)18-15-19(26-13-7-8-14-26)17-20(16-18)27-23-11-5-3-9-21(23)22-10-4-6-12-24(22)27/h3-17H,1-2H3. The number of aromatic nitrogens is 2. The van der Waals surface area contributed by atoms with Gasteiger partial charge < -0.3 is 14.0 Å². The van der Waals surface area contributed by atoms with Gasteiger partial charge in [-0.25, -0.2) is 0 Å². The van der Waals surface area contributed by atoms with Gasteiger partial charge in [0.15, 0.2) is 0 Å². The molecule has 0 saturated heterocycles. The summed E-state index contributed by atoms with van der Waals surface area (Å²) >= 11 is 0. The first-order valence-corrected chi connectivity index (χ1v) is 9.17. The fourth-order valence-corrected chi connectivity index (χ4v) is 3.82. The summed E-state index contributed by atoms with van der Waals surface area (Å²) in [6, 6.07) is 28.1. The lowest BCUT2D eigenvalue weighted by Crippen LogP contribution is -2.10. The van der Waals surface area contributed by atoms with Crippen molar-refractivity contribution in [2.75, 3.05) is 19.0 Å². The molecule has 0 spiro atoms. The molecule has 0 saturated carbocycles. The molecule has 0 atom stereocenters. The van der Waals surface area contributed by atoms with Crippen LogP contribution in [0, 0.1) is 0 Å². The SMILES string of the molecule is CN(C)c1cc(-n2cccc2)cc(-n2c3ccccc3c3ccccc32)c1. The van der Waals surface area contributed by atoms with E-state index in [0.29, 0.717) is 0 Å². The third-order valence-electron chi connectivity index (χ3n) is 5.14. The zero-order valence-electron chi connectivity index (χ0n) is 15.5. The minimum absolute atomic E-state index is 1.16. The highest BCUT2D eigenvalue weighted by Gasteiger charge is 2.13. The van der Waals surface area contributed by atoms with Crippen molar-refractivity contribution in [3.63, 3.8) is 0 Å². The van der Waals surface area contributed by atoms with Gasteiger partial charge in [0, 0.05) is 48.6 Å². The van der Waals surface area contributed by atoms with Gasteiger partial charge in [0.25, 0.3) is 0 Å². The van der Waals surface area contributed by atoms with Gasteiger partial charge >= 0.3 is 0 Å². The quantitative estimate of drug-likeness (QED) is 0.410. The second-order valence-corrected chi connectivity index (χ2v) is 7.06. The average molecular weight is 351 g/mol. The molecule has 3 heteroatoms. The van der Waals surface area contributed by atoms with Crippen LogP contribution in [0.15, 0.2) is 91.3 Å². The molecule has 0 amide bonds. The van der Waals surface area contributed by atoms with Crippen LogP contribution in [0.3, 0.4) is 0 Å². The summed E-state index contributed by atoms with van der Waals surface area (Å²) in [5, 5.41) is 2.57. The van der Waals surface area contributed by atoms with Crippen molar-refractivity contribution in [3.05, 3.63) is 91.3 Å². The third kappa shape index (κ3) is 2.51. The number of anilines is 1. The highest BCUT2D eigenvalue weighted by Crippen LogP contribution is 2.33. The average Bonchev–Trinajstić information content (AvgIpc) is 3.34. The normalized spacial score (nSPS) is 11.3. The van der Waals surface area contributed by atoms with Gasteiger partial charge in [-0.2, -0.15) is 0 Å². The predicted molar refractivity (Wildman–Crippen MR) is 114 cm³/mol. The Labute approximate surface area is 158 Å². The Morgan fingerprint density at radius 1 is 0.630 bits per heavy atom. The number of nitrogens with zero attached hydrogens (tertiary/aromatic N) is 3. The van der Waals surface area contributed by atoms with Crippen LogP contribution in [0.4, 0.5) is 5.69 Å². The minimum atomic E-state index is 1.16. The van der Waals surface area contributed by atoms with Crippen LogP contribution in [-0.4, -0.2) is 23.2 Å². The lowest BCUT2D eigenvalue weighted by molar-refractivity contribution is 1.05. The van der Waals surface area contributed by atoms with Gasteiger partial charge in [0.2, 0.25) is 0 Å². The first kappa shape index (κ1) is 15.8. The van der Waals surface area contributed by atoms with E-state index in [9.17, 15) is 0 Å². The predicted octanol–water partition coefficient (Wildman–Crippen LogP) is 5.64. The number of benzene rings is 3. The number of hydrogen-bond acceptors (Lipinski definition) is 1. The number of rotatable bonds is 3. The van der Waals surface area contributed by atoms with E-state index in [2.05, 4.69) is 119 Å². The van der Waals surface area contributed by atoms with Crippen molar-refractivity contribution in [3.8, 4) is 11.4 Å². The van der Waals surface area contributed by atoms with Crippen molar-refractivity contribution < 1.29 is 0 Å². The van der Waals surface area contributed by atoms with Crippen molar-refractivity contribution in [1.82, 2.24) is 9.13 Å². The molecule has 3 nitrogen and oxygen atoms in total. The minimum Gasteiger partial charge on any atom is -0.378 e. The first-order chi connectivity index (χ1) is 13.2. The van der Waals surface area contributed by atoms with Crippen LogP contribution in [0.2, 0.25) is 0 Å². The summed E-state index contributed by atoms with van der Waals surface area (Å²) in [5.41, 5.74) is 5.96. The molecule has 27 heavy (non-hydrogen) atoms. The van der Waals surface area contributed by atoms with E-state index in [0.717, 1.165) is 5.69 Å². The molecular weight excluding hydrogens is 330 g/mol. The van der Waals surface area contributed by atoms with Gasteiger partial charge in [-0.1, -0.05) is 36.4 Å². The Bertz CT molecular complexity index is 1190. The zero-order chi connectivity index (χ0) is 18.4. The van der Waals surface area contributed by atoms with Crippen LogP contribution in [0.1, 0.15) is 0 Å². The highest BCUT2D eigenvalue weighted by atomic mass is 15.1. The summed E-state index contributed by atoms with van der Waals surface area (Å²) < 4.78 is 4.52. The zero-order valence-corrected chi connectivity index (χ0v) is 15.5. The van der Waals surface area contributed by atoms with E-state index in [1.54, 1.807) is 0 Å². The summed E-state index contributed by atoms with van der Waals surface area (Å²) in [6.07, 6.45) is 4.18. The molecule has 3 aromatic carbocycles. The largest absolute Gasteiger partial charge is 0.378 e.